The number of nitrogens with two attached hydrogens (primary N) is 1. The largest absolute Gasteiger partial charge is 0.463 e. The molecule has 5 atom stereocenters. The maximum Gasteiger partial charge on any atom is 0.308 e. The third kappa shape index (κ3) is 12.3. The van der Waals surface area contributed by atoms with Gasteiger partial charge in [0, 0.05) is 19.7 Å². The van der Waals surface area contributed by atoms with E-state index in [4.69, 9.17) is 30.7 Å². The number of amidine groups is 1. The summed E-state index contributed by atoms with van der Waals surface area (Å²) in [5, 5.41) is 23.3. The van der Waals surface area contributed by atoms with E-state index < -0.39 is 17.7 Å². The molecule has 5 unspecified atom stereocenters. The Labute approximate surface area is 188 Å². The van der Waals surface area contributed by atoms with E-state index in [1.165, 1.54) is 17.2 Å². The summed E-state index contributed by atoms with van der Waals surface area (Å²) in [6.45, 7) is 5.03. The highest BCUT2D eigenvalue weighted by Gasteiger charge is 2.47. The third-order valence-corrected chi connectivity index (χ3v) is 4.56. The van der Waals surface area contributed by atoms with Crippen LogP contribution in [0, 0.1) is 5.92 Å². The molecule has 1 amide bonds. The number of alkyl halides is 1. The van der Waals surface area contributed by atoms with E-state index in [1.54, 1.807) is 27.8 Å². The van der Waals surface area contributed by atoms with Crippen LogP contribution in [0.25, 0.3) is 0 Å². The van der Waals surface area contributed by atoms with Gasteiger partial charge in [0.15, 0.2) is 11.6 Å². The highest BCUT2D eigenvalue weighted by molar-refractivity contribution is 7.18. The summed E-state index contributed by atoms with van der Waals surface area (Å²) in [5.41, 5.74) is 5.38. The molecule has 1 saturated heterocycles. The molecule has 12 nitrogen and oxygen atoms in total. The minimum absolute atomic E-state index is 0.0155. The Kier molecular flexibility index (Phi) is 14.3. The number of nitrogens with zero attached hydrogens (tertiary/aromatic N) is 3. The van der Waals surface area contributed by atoms with E-state index in [-0.39, 0.29) is 48.9 Å². The summed E-state index contributed by atoms with van der Waals surface area (Å²) in [5.74, 6) is -0.620. The van der Waals surface area contributed by atoms with E-state index in [1.807, 2.05) is 0 Å². The Morgan fingerprint density at radius 2 is 2.06 bits per heavy atom. The van der Waals surface area contributed by atoms with Gasteiger partial charge in [0.05, 0.1) is 36.7 Å². The number of ether oxygens (including phenoxy) is 2. The molecular weight excluding hydrogens is 450 g/mol. The van der Waals surface area contributed by atoms with Crippen LogP contribution in [0.4, 0.5) is 4.39 Å². The average molecular weight is 484 g/mol. The first-order valence-corrected chi connectivity index (χ1v) is 10.3. The third-order valence-electron chi connectivity index (χ3n) is 4.04. The fourth-order valence-electron chi connectivity index (χ4n) is 2.49. The first-order valence-electron chi connectivity index (χ1n) is 9.76. The minimum Gasteiger partial charge on any atom is -0.463 e. The number of esters is 1. The molecule has 0 saturated carbocycles. The van der Waals surface area contributed by atoms with Gasteiger partial charge >= 0.3 is 5.97 Å². The predicted octanol–water partition coefficient (Wildman–Crippen LogP) is 0.570. The fraction of sp³-hybridized carbons (Fsp3) is 0.722. The number of hydrogen-bond donors (Lipinski definition) is 4. The van der Waals surface area contributed by atoms with E-state index in [9.17, 15) is 14.0 Å². The van der Waals surface area contributed by atoms with Crippen molar-refractivity contribution in [3.63, 3.8) is 0 Å². The molecule has 0 bridgehead atoms. The Bertz CT molecular complexity index is 636. The van der Waals surface area contributed by atoms with Crippen molar-refractivity contribution < 1.29 is 43.8 Å². The summed E-state index contributed by atoms with van der Waals surface area (Å²) < 4.78 is 24.5. The Morgan fingerprint density at radius 1 is 1.44 bits per heavy atom. The molecular formula is C18H34FN4O8P. The van der Waals surface area contributed by atoms with Gasteiger partial charge in [-0.05, 0) is 26.3 Å². The van der Waals surface area contributed by atoms with Gasteiger partial charge in [-0.25, -0.2) is 4.39 Å². The van der Waals surface area contributed by atoms with Crippen LogP contribution < -0.4 is 5.73 Å². The summed E-state index contributed by atoms with van der Waals surface area (Å²) in [7, 11) is 3.70. The molecule has 0 aromatic carbocycles. The lowest BCUT2D eigenvalue weighted by Crippen LogP contribution is -2.39. The Morgan fingerprint density at radius 3 is 2.53 bits per heavy atom. The lowest BCUT2D eigenvalue weighted by molar-refractivity contribution is -0.492. The quantitative estimate of drug-likeness (QED) is 0.0808. The van der Waals surface area contributed by atoms with Crippen molar-refractivity contribution in [1.82, 2.24) is 10.3 Å². The van der Waals surface area contributed by atoms with E-state index in [0.29, 0.717) is 12.8 Å². The zero-order valence-electron chi connectivity index (χ0n) is 18.6. The molecule has 1 aliphatic heterocycles. The summed E-state index contributed by atoms with van der Waals surface area (Å²) in [6, 6.07) is 0. The molecule has 0 aromatic rings. The van der Waals surface area contributed by atoms with Gasteiger partial charge in [-0.1, -0.05) is 16.2 Å². The number of rotatable bonds is 11. The van der Waals surface area contributed by atoms with E-state index in [0.717, 1.165) is 0 Å². The number of aliphatic hydroxyl groups excluding tert-OH is 1. The molecule has 1 heterocycles. The molecule has 1 fully saturated rings. The van der Waals surface area contributed by atoms with Crippen molar-refractivity contribution in [2.24, 2.45) is 16.6 Å². The SMILES string of the molecule is CC(C)OC(=O)C(C)CCON(O)O.CN(/C=C\C(N)=NC=O)C1OC(CO)CC1(F)P. The van der Waals surface area contributed by atoms with Crippen LogP contribution in [-0.4, -0.2) is 88.1 Å². The number of carbonyl (C=O) groups excluding carboxylic acids is 2. The Hall–Kier alpha value is -1.73. The smallest absolute Gasteiger partial charge is 0.308 e. The second kappa shape index (κ2) is 15.2. The van der Waals surface area contributed by atoms with Gasteiger partial charge in [-0.3, -0.25) is 24.8 Å². The summed E-state index contributed by atoms with van der Waals surface area (Å²) >= 11 is 0. The highest BCUT2D eigenvalue weighted by Crippen LogP contribution is 2.40. The van der Waals surface area contributed by atoms with Gasteiger partial charge in [-0.15, -0.1) is 0 Å². The van der Waals surface area contributed by atoms with Crippen molar-refractivity contribution in [3.05, 3.63) is 12.3 Å². The van der Waals surface area contributed by atoms with E-state index >= 15 is 0 Å². The van der Waals surface area contributed by atoms with Crippen LogP contribution in [0.5, 0.6) is 0 Å². The zero-order valence-corrected chi connectivity index (χ0v) is 19.8. The van der Waals surface area contributed by atoms with Gasteiger partial charge in [0.1, 0.15) is 5.84 Å². The molecule has 1 rings (SSSR count). The molecule has 1 aliphatic rings. The average Bonchev–Trinajstić information content (AvgIpc) is 3.00. The molecule has 0 aromatic heterocycles. The highest BCUT2D eigenvalue weighted by atomic mass is 31.0. The molecule has 0 radical (unpaired) electrons. The zero-order chi connectivity index (χ0) is 24.9. The van der Waals surface area contributed by atoms with Crippen molar-refractivity contribution >= 4 is 27.5 Å². The molecule has 5 N–H and O–H groups in total. The van der Waals surface area contributed by atoms with Crippen LogP contribution in [0.1, 0.15) is 33.6 Å². The van der Waals surface area contributed by atoms with Gasteiger partial charge in [0.25, 0.3) is 0 Å². The van der Waals surface area contributed by atoms with Crippen molar-refractivity contribution in [3.8, 4) is 0 Å². The fourth-order valence-corrected chi connectivity index (χ4v) is 3.07. The lowest BCUT2D eigenvalue weighted by Gasteiger charge is -2.29. The molecule has 14 heteroatoms. The van der Waals surface area contributed by atoms with Gasteiger partial charge in [-0.2, -0.15) is 4.99 Å². The van der Waals surface area contributed by atoms with Crippen LogP contribution in [0.15, 0.2) is 17.3 Å². The molecule has 0 spiro atoms. The normalized spacial score (nSPS) is 24.4. The molecule has 32 heavy (non-hydrogen) atoms. The van der Waals surface area contributed by atoms with Crippen LogP contribution in [-0.2, 0) is 23.9 Å². The van der Waals surface area contributed by atoms with Crippen LogP contribution >= 0.6 is 9.24 Å². The van der Waals surface area contributed by atoms with Crippen LogP contribution in [0.3, 0.4) is 0 Å². The number of carbonyl (C=O) groups is 2. The lowest BCUT2D eigenvalue weighted by atomic mass is 10.1. The second-order valence-electron chi connectivity index (χ2n) is 7.33. The van der Waals surface area contributed by atoms with E-state index in [2.05, 4.69) is 19.1 Å². The monoisotopic (exact) mass is 484 g/mol. The van der Waals surface area contributed by atoms with Crippen LogP contribution in [0.2, 0.25) is 0 Å². The number of aliphatic hydroxyl groups is 1. The van der Waals surface area contributed by atoms with Gasteiger partial charge < -0.3 is 25.2 Å². The van der Waals surface area contributed by atoms with Gasteiger partial charge in [0.2, 0.25) is 6.41 Å². The van der Waals surface area contributed by atoms with Crippen molar-refractivity contribution in [2.45, 2.75) is 57.5 Å². The van der Waals surface area contributed by atoms with Crippen molar-refractivity contribution in [1.29, 1.82) is 0 Å². The number of hydrogen-bond acceptors (Lipinski definition) is 10. The number of amides is 1. The summed E-state index contributed by atoms with van der Waals surface area (Å²) in [4.78, 5) is 30.4. The maximum atomic E-state index is 14.2. The first-order chi connectivity index (χ1) is 14.8. The Balaban J connectivity index is 0.000000622. The first kappa shape index (κ1) is 30.3. The predicted molar refractivity (Wildman–Crippen MR) is 115 cm³/mol. The number of aliphatic imine (C=N–C) groups is 1. The maximum absolute atomic E-state index is 14.2. The number of halogens is 1. The molecule has 0 aliphatic carbocycles. The second-order valence-corrected chi connectivity index (χ2v) is 8.29. The molecule has 186 valence electrons. The minimum atomic E-state index is -1.65. The topological polar surface area (TPSA) is 167 Å². The standard InChI is InChI=1S/C10H17FN3O3P.C8H17NO5/c1-14(3-2-8(12)13-6-16)9-10(11,18)4-7(5-15)17-9;1-6(2)14-8(10)7(3)4-5-13-9(11)12/h2-3,6-7,9,15H,4-5,18H2,1H3,(H2,12,13,16);6-7,11-12H,4-5H2,1-3H3/b3-2-;. The summed E-state index contributed by atoms with van der Waals surface area (Å²) in [6.07, 6.45) is 2.09. The van der Waals surface area contributed by atoms with Crippen molar-refractivity contribution in [2.75, 3.05) is 20.3 Å².